The van der Waals surface area contributed by atoms with Crippen molar-refractivity contribution in [1.29, 1.82) is 0 Å². The fourth-order valence-electron chi connectivity index (χ4n) is 4.46. The van der Waals surface area contributed by atoms with Gasteiger partial charge in [-0.2, -0.15) is 0 Å². The number of fused-ring (bicyclic) bond motifs is 1. The Labute approximate surface area is 145 Å². The van der Waals surface area contributed by atoms with Crippen LogP contribution in [0.4, 0.5) is 5.69 Å². The van der Waals surface area contributed by atoms with Crippen molar-refractivity contribution >= 4 is 5.69 Å². The van der Waals surface area contributed by atoms with Gasteiger partial charge < -0.3 is 20.3 Å². The summed E-state index contributed by atoms with van der Waals surface area (Å²) < 4.78 is 5.53. The number of anilines is 1. The maximum Gasteiger partial charge on any atom is 0.0642 e. The van der Waals surface area contributed by atoms with Gasteiger partial charge in [0.25, 0.3) is 0 Å². The maximum absolute atomic E-state index is 5.53. The quantitative estimate of drug-likeness (QED) is 0.890. The third-order valence-corrected chi connectivity index (χ3v) is 5.89. The van der Waals surface area contributed by atoms with Crippen molar-refractivity contribution in [3.63, 3.8) is 0 Å². The molecule has 1 saturated heterocycles. The van der Waals surface area contributed by atoms with E-state index in [9.17, 15) is 0 Å². The fourth-order valence-corrected chi connectivity index (χ4v) is 4.46. The average molecular weight is 329 g/mol. The molecule has 1 aromatic carbocycles. The molecule has 2 N–H and O–H groups in total. The van der Waals surface area contributed by atoms with Gasteiger partial charge in [-0.05, 0) is 36.5 Å². The first kappa shape index (κ1) is 16.4. The lowest BCUT2D eigenvalue weighted by molar-refractivity contribution is 0.122. The van der Waals surface area contributed by atoms with E-state index in [-0.39, 0.29) is 0 Å². The van der Waals surface area contributed by atoms with Gasteiger partial charge in [0.2, 0.25) is 0 Å². The van der Waals surface area contributed by atoms with Crippen LogP contribution in [0.3, 0.4) is 0 Å². The van der Waals surface area contributed by atoms with Gasteiger partial charge in [-0.25, -0.2) is 0 Å². The zero-order chi connectivity index (χ0) is 16.2. The molecule has 0 amide bonds. The van der Waals surface area contributed by atoms with E-state index in [4.69, 9.17) is 4.74 Å². The van der Waals surface area contributed by atoms with Crippen LogP contribution in [-0.4, -0.2) is 44.9 Å². The lowest BCUT2D eigenvalue weighted by atomic mass is 9.92. The van der Waals surface area contributed by atoms with Crippen LogP contribution >= 0.6 is 0 Å². The number of nitrogens with one attached hydrogen (secondary N) is 2. The molecule has 1 unspecified atom stereocenters. The minimum atomic E-state index is 0.557. The Hall–Kier alpha value is -1.10. The lowest BCUT2D eigenvalue weighted by Crippen LogP contribution is -2.46. The van der Waals surface area contributed by atoms with Crippen LogP contribution < -0.4 is 15.5 Å². The Balaban J connectivity index is 1.41. The molecule has 0 radical (unpaired) electrons. The summed E-state index contributed by atoms with van der Waals surface area (Å²) >= 11 is 0. The molecule has 4 heteroatoms. The van der Waals surface area contributed by atoms with Crippen LogP contribution in [-0.2, 0) is 17.7 Å². The van der Waals surface area contributed by atoms with Crippen molar-refractivity contribution in [3.8, 4) is 0 Å². The van der Waals surface area contributed by atoms with E-state index in [1.165, 1.54) is 43.4 Å². The average Bonchev–Trinajstić information content (AvgIpc) is 2.67. The number of ether oxygens (including phenoxy) is 1. The number of benzene rings is 1. The Morgan fingerprint density at radius 3 is 2.79 bits per heavy atom. The highest BCUT2D eigenvalue weighted by atomic mass is 16.5. The van der Waals surface area contributed by atoms with Crippen molar-refractivity contribution in [2.75, 3.05) is 37.7 Å². The molecule has 4 rings (SSSR count). The van der Waals surface area contributed by atoms with Crippen molar-refractivity contribution in [3.05, 3.63) is 29.3 Å². The van der Waals surface area contributed by atoms with Gasteiger partial charge in [0, 0.05) is 44.0 Å². The molecule has 0 bridgehead atoms. The normalized spacial score (nSPS) is 25.5. The van der Waals surface area contributed by atoms with Crippen LogP contribution in [0.15, 0.2) is 18.2 Å². The van der Waals surface area contributed by atoms with Crippen LogP contribution in [0.2, 0.25) is 0 Å². The van der Waals surface area contributed by atoms with Gasteiger partial charge >= 0.3 is 0 Å². The molecular formula is C20H31N3O. The summed E-state index contributed by atoms with van der Waals surface area (Å²) in [5, 5.41) is 7.56. The van der Waals surface area contributed by atoms with Crippen molar-refractivity contribution in [1.82, 2.24) is 10.6 Å². The molecule has 1 saturated carbocycles. The maximum atomic E-state index is 5.53. The molecule has 4 nitrogen and oxygen atoms in total. The predicted molar refractivity (Wildman–Crippen MR) is 98.7 cm³/mol. The lowest BCUT2D eigenvalue weighted by Gasteiger charge is -2.35. The predicted octanol–water partition coefficient (Wildman–Crippen LogP) is 2.46. The summed E-state index contributed by atoms with van der Waals surface area (Å²) in [4.78, 5) is 2.51. The molecule has 132 valence electrons. The first-order chi connectivity index (χ1) is 11.9. The number of hydrogen-bond donors (Lipinski definition) is 2. The van der Waals surface area contributed by atoms with E-state index in [0.717, 1.165) is 51.9 Å². The second kappa shape index (κ2) is 7.85. The highest BCUT2D eigenvalue weighted by Crippen LogP contribution is 2.29. The van der Waals surface area contributed by atoms with Crippen molar-refractivity contribution in [2.45, 2.75) is 57.2 Å². The zero-order valence-corrected chi connectivity index (χ0v) is 14.7. The van der Waals surface area contributed by atoms with E-state index in [1.807, 2.05) is 0 Å². The first-order valence-corrected chi connectivity index (χ1v) is 9.80. The smallest absolute Gasteiger partial charge is 0.0642 e. The summed E-state index contributed by atoms with van der Waals surface area (Å²) in [6, 6.07) is 8.11. The molecule has 1 atom stereocenters. The Morgan fingerprint density at radius 1 is 1.12 bits per heavy atom. The topological polar surface area (TPSA) is 36.5 Å². The summed E-state index contributed by atoms with van der Waals surface area (Å²) in [5.41, 5.74) is 4.49. The zero-order valence-electron chi connectivity index (χ0n) is 14.7. The standard InChI is InChI=1S/C20H31N3O/c1-2-6-17(7-3-1)22-15-18-13-19-16(14-21-18)5-4-8-20(19)23-9-11-24-12-10-23/h4-5,8,17-18,21-22H,1-3,6-7,9-15H2. The summed E-state index contributed by atoms with van der Waals surface area (Å²) in [5.74, 6) is 0. The number of nitrogens with zero attached hydrogens (tertiary/aromatic N) is 1. The first-order valence-electron chi connectivity index (χ1n) is 9.80. The summed E-state index contributed by atoms with van der Waals surface area (Å²) in [6.45, 7) is 5.86. The molecule has 0 aromatic heterocycles. The largest absolute Gasteiger partial charge is 0.378 e. The van der Waals surface area contributed by atoms with Gasteiger partial charge in [0.1, 0.15) is 0 Å². The molecule has 2 aliphatic heterocycles. The second-order valence-electron chi connectivity index (χ2n) is 7.54. The Kier molecular flexibility index (Phi) is 5.36. The number of morpholine rings is 1. The molecule has 2 fully saturated rings. The number of hydrogen-bond acceptors (Lipinski definition) is 4. The van der Waals surface area contributed by atoms with Crippen LogP contribution in [0.1, 0.15) is 43.2 Å². The highest BCUT2D eigenvalue weighted by molar-refractivity contribution is 5.58. The van der Waals surface area contributed by atoms with E-state index in [1.54, 1.807) is 5.56 Å². The third-order valence-electron chi connectivity index (χ3n) is 5.89. The highest BCUT2D eigenvalue weighted by Gasteiger charge is 2.24. The minimum Gasteiger partial charge on any atom is -0.378 e. The molecule has 24 heavy (non-hydrogen) atoms. The fraction of sp³-hybridized carbons (Fsp3) is 0.700. The van der Waals surface area contributed by atoms with Crippen molar-refractivity contribution < 1.29 is 4.74 Å². The van der Waals surface area contributed by atoms with E-state index >= 15 is 0 Å². The molecule has 0 spiro atoms. The van der Waals surface area contributed by atoms with Gasteiger partial charge in [-0.1, -0.05) is 31.4 Å². The Bertz CT molecular complexity index is 536. The van der Waals surface area contributed by atoms with E-state index in [0.29, 0.717) is 6.04 Å². The van der Waals surface area contributed by atoms with Crippen LogP contribution in [0.5, 0.6) is 0 Å². The molecule has 2 heterocycles. The minimum absolute atomic E-state index is 0.557. The Morgan fingerprint density at radius 2 is 1.96 bits per heavy atom. The van der Waals surface area contributed by atoms with E-state index in [2.05, 4.69) is 33.7 Å². The van der Waals surface area contributed by atoms with Gasteiger partial charge in [0.15, 0.2) is 0 Å². The second-order valence-corrected chi connectivity index (χ2v) is 7.54. The SMILES string of the molecule is c1cc2c(c(N3CCOCC3)c1)CC(CNC1CCCCC1)NC2. The van der Waals surface area contributed by atoms with Gasteiger partial charge in [-0.3, -0.25) is 0 Å². The molecule has 1 aliphatic carbocycles. The number of rotatable bonds is 4. The van der Waals surface area contributed by atoms with Gasteiger partial charge in [-0.15, -0.1) is 0 Å². The van der Waals surface area contributed by atoms with Crippen LogP contribution in [0, 0.1) is 0 Å². The van der Waals surface area contributed by atoms with Crippen molar-refractivity contribution in [2.24, 2.45) is 0 Å². The third kappa shape index (κ3) is 3.76. The van der Waals surface area contributed by atoms with Crippen LogP contribution in [0.25, 0.3) is 0 Å². The monoisotopic (exact) mass is 329 g/mol. The van der Waals surface area contributed by atoms with Gasteiger partial charge in [0.05, 0.1) is 13.2 Å². The molecular weight excluding hydrogens is 298 g/mol. The molecule has 3 aliphatic rings. The summed E-state index contributed by atoms with van der Waals surface area (Å²) in [6.07, 6.45) is 8.10. The summed E-state index contributed by atoms with van der Waals surface area (Å²) in [7, 11) is 0. The van der Waals surface area contributed by atoms with E-state index < -0.39 is 0 Å². The molecule has 1 aromatic rings.